The number of rotatable bonds is 4. The van der Waals surface area contributed by atoms with Crippen LogP contribution in [0.15, 0.2) is 30.3 Å². The molecule has 1 aliphatic heterocycles. The number of nitrogens with zero attached hydrogens (tertiary/aromatic N) is 1. The molecule has 1 heterocycles. The van der Waals surface area contributed by atoms with Gasteiger partial charge in [-0.05, 0) is 42.5 Å². The number of ether oxygens (including phenoxy) is 1. The third-order valence-corrected chi connectivity index (χ3v) is 5.39. The van der Waals surface area contributed by atoms with Gasteiger partial charge in [-0.25, -0.2) is 0 Å². The van der Waals surface area contributed by atoms with Crippen molar-refractivity contribution in [3.8, 4) is 11.5 Å². The molecular formula is C21H22ClNO5. The lowest BCUT2D eigenvalue weighted by Gasteiger charge is -2.27. The van der Waals surface area contributed by atoms with Crippen molar-refractivity contribution in [2.45, 2.75) is 32.2 Å². The number of benzene rings is 2. The molecule has 7 heteroatoms. The maximum absolute atomic E-state index is 13.1. The van der Waals surface area contributed by atoms with E-state index in [2.05, 4.69) is 0 Å². The maximum atomic E-state index is 13.1. The van der Waals surface area contributed by atoms with Crippen LogP contribution in [-0.2, 0) is 16.0 Å². The number of aryl methyl sites for hydroxylation is 1. The average molecular weight is 404 g/mol. The summed E-state index contributed by atoms with van der Waals surface area (Å²) in [6, 6.07) is 7.93. The number of carbonyl (C=O) groups excluding carboxylic acids is 2. The average Bonchev–Trinajstić information content (AvgIpc) is 3.15. The number of likely N-dealkylation sites (tertiary alicyclic amines) is 1. The quantitative estimate of drug-likeness (QED) is 0.759. The summed E-state index contributed by atoms with van der Waals surface area (Å²) in [7, 11) is 1.35. The second kappa shape index (κ2) is 8.10. The van der Waals surface area contributed by atoms with Crippen LogP contribution >= 0.6 is 11.6 Å². The summed E-state index contributed by atoms with van der Waals surface area (Å²) in [5, 5.41) is 19.7. The predicted molar refractivity (Wildman–Crippen MR) is 105 cm³/mol. The molecule has 2 aromatic carbocycles. The Morgan fingerprint density at radius 1 is 1.21 bits per heavy atom. The lowest BCUT2D eigenvalue weighted by Crippen LogP contribution is -2.31. The zero-order chi connectivity index (χ0) is 20.4. The van der Waals surface area contributed by atoms with Crippen molar-refractivity contribution in [2.75, 3.05) is 13.7 Å². The minimum Gasteiger partial charge on any atom is -0.507 e. The van der Waals surface area contributed by atoms with Crippen LogP contribution in [0.5, 0.6) is 11.5 Å². The van der Waals surface area contributed by atoms with Gasteiger partial charge in [-0.1, -0.05) is 29.8 Å². The van der Waals surface area contributed by atoms with Crippen molar-refractivity contribution < 1.29 is 24.5 Å². The summed E-state index contributed by atoms with van der Waals surface area (Å²) in [4.78, 5) is 26.4. The Bertz CT molecular complexity index is 927. The molecule has 1 atom stereocenters. The van der Waals surface area contributed by atoms with Crippen molar-refractivity contribution in [1.29, 1.82) is 0 Å². The Morgan fingerprint density at radius 3 is 2.68 bits per heavy atom. The molecule has 28 heavy (non-hydrogen) atoms. The number of esters is 1. The molecule has 0 aromatic heterocycles. The number of hydrogen-bond acceptors (Lipinski definition) is 5. The standard InChI is InChI=1S/C21H22ClNO5/c1-12-5-6-13(9-20(26)28-2)8-14(12)17-4-3-7-23(17)21(27)15-10-16(22)19(25)11-18(15)24/h5-6,8,10-11,17,24-25H,3-4,7,9H2,1-2H3. The van der Waals surface area contributed by atoms with E-state index < -0.39 is 0 Å². The molecule has 1 fully saturated rings. The van der Waals surface area contributed by atoms with Gasteiger partial charge in [-0.2, -0.15) is 0 Å². The number of amides is 1. The van der Waals surface area contributed by atoms with E-state index in [-0.39, 0.29) is 46.4 Å². The number of phenolic OH excluding ortho intramolecular Hbond substituents is 2. The largest absolute Gasteiger partial charge is 0.507 e. The van der Waals surface area contributed by atoms with Gasteiger partial charge >= 0.3 is 5.97 Å². The van der Waals surface area contributed by atoms with E-state index in [9.17, 15) is 19.8 Å². The molecule has 6 nitrogen and oxygen atoms in total. The number of aromatic hydroxyl groups is 2. The minimum absolute atomic E-state index is 0.00755. The lowest BCUT2D eigenvalue weighted by molar-refractivity contribution is -0.139. The third kappa shape index (κ3) is 3.92. The summed E-state index contributed by atoms with van der Waals surface area (Å²) in [5.41, 5.74) is 2.86. The molecule has 0 spiro atoms. The number of carbonyl (C=O) groups is 2. The molecule has 0 aliphatic carbocycles. The Morgan fingerprint density at radius 2 is 1.96 bits per heavy atom. The van der Waals surface area contributed by atoms with E-state index in [4.69, 9.17) is 16.3 Å². The van der Waals surface area contributed by atoms with Crippen molar-refractivity contribution in [3.05, 3.63) is 57.6 Å². The molecule has 1 aliphatic rings. The number of methoxy groups -OCH3 is 1. The van der Waals surface area contributed by atoms with Gasteiger partial charge in [0, 0.05) is 12.6 Å². The van der Waals surface area contributed by atoms with Gasteiger partial charge in [0.2, 0.25) is 0 Å². The second-order valence-electron chi connectivity index (χ2n) is 6.92. The molecule has 1 amide bonds. The fourth-order valence-corrected chi connectivity index (χ4v) is 3.77. The fraction of sp³-hybridized carbons (Fsp3) is 0.333. The summed E-state index contributed by atoms with van der Waals surface area (Å²) in [6.07, 6.45) is 1.77. The van der Waals surface area contributed by atoms with Crippen LogP contribution in [0.2, 0.25) is 5.02 Å². The summed E-state index contributed by atoms with van der Waals surface area (Å²) in [6.45, 7) is 2.51. The molecule has 2 aromatic rings. The van der Waals surface area contributed by atoms with Crippen LogP contribution in [0.1, 0.15) is 45.9 Å². The van der Waals surface area contributed by atoms with Crippen LogP contribution in [0.4, 0.5) is 0 Å². The highest BCUT2D eigenvalue weighted by molar-refractivity contribution is 6.32. The van der Waals surface area contributed by atoms with E-state index in [1.807, 2.05) is 25.1 Å². The van der Waals surface area contributed by atoms with Crippen LogP contribution in [0.3, 0.4) is 0 Å². The van der Waals surface area contributed by atoms with E-state index in [1.165, 1.54) is 13.2 Å². The van der Waals surface area contributed by atoms with Gasteiger partial charge in [0.15, 0.2) is 0 Å². The molecule has 1 unspecified atom stereocenters. The van der Waals surface area contributed by atoms with Gasteiger partial charge in [0.25, 0.3) is 5.91 Å². The number of phenols is 2. The topological polar surface area (TPSA) is 87.1 Å². The lowest BCUT2D eigenvalue weighted by atomic mass is 9.95. The Labute approximate surface area is 168 Å². The van der Waals surface area contributed by atoms with Gasteiger partial charge in [-0.3, -0.25) is 9.59 Å². The van der Waals surface area contributed by atoms with Crippen molar-refractivity contribution >= 4 is 23.5 Å². The van der Waals surface area contributed by atoms with Gasteiger partial charge in [-0.15, -0.1) is 0 Å². The van der Waals surface area contributed by atoms with Crippen molar-refractivity contribution in [1.82, 2.24) is 4.90 Å². The van der Waals surface area contributed by atoms with E-state index >= 15 is 0 Å². The molecule has 0 bridgehead atoms. The first-order valence-electron chi connectivity index (χ1n) is 9.00. The van der Waals surface area contributed by atoms with E-state index in [0.29, 0.717) is 6.54 Å². The predicted octanol–water partition coefficient (Wildman–Crippen LogP) is 3.75. The summed E-state index contributed by atoms with van der Waals surface area (Å²) in [5.74, 6) is -1.26. The normalized spacial score (nSPS) is 16.2. The molecule has 2 N–H and O–H groups in total. The van der Waals surface area contributed by atoms with Gasteiger partial charge < -0.3 is 19.8 Å². The van der Waals surface area contributed by atoms with Gasteiger partial charge in [0.1, 0.15) is 11.5 Å². The highest BCUT2D eigenvalue weighted by Crippen LogP contribution is 2.38. The van der Waals surface area contributed by atoms with Crippen LogP contribution in [-0.4, -0.2) is 40.6 Å². The summed E-state index contributed by atoms with van der Waals surface area (Å²) < 4.78 is 4.74. The summed E-state index contributed by atoms with van der Waals surface area (Å²) >= 11 is 5.92. The number of hydrogen-bond donors (Lipinski definition) is 2. The Hall–Kier alpha value is -2.73. The first kappa shape index (κ1) is 20.0. The minimum atomic E-state index is -0.348. The van der Waals surface area contributed by atoms with Crippen LogP contribution in [0.25, 0.3) is 0 Å². The zero-order valence-electron chi connectivity index (χ0n) is 15.7. The SMILES string of the molecule is COC(=O)Cc1ccc(C)c(C2CCCN2C(=O)c2cc(Cl)c(O)cc2O)c1. The molecule has 3 rings (SSSR count). The smallest absolute Gasteiger partial charge is 0.309 e. The van der Waals surface area contributed by atoms with Crippen molar-refractivity contribution in [2.24, 2.45) is 0 Å². The Kier molecular flexibility index (Phi) is 5.79. The van der Waals surface area contributed by atoms with E-state index in [1.54, 1.807) is 4.90 Å². The van der Waals surface area contributed by atoms with Crippen LogP contribution in [0, 0.1) is 6.92 Å². The van der Waals surface area contributed by atoms with Crippen molar-refractivity contribution in [3.63, 3.8) is 0 Å². The fourth-order valence-electron chi connectivity index (χ4n) is 3.61. The molecule has 148 valence electrons. The first-order valence-corrected chi connectivity index (χ1v) is 9.38. The zero-order valence-corrected chi connectivity index (χ0v) is 16.5. The monoisotopic (exact) mass is 403 g/mol. The second-order valence-corrected chi connectivity index (χ2v) is 7.33. The number of halogens is 1. The highest BCUT2D eigenvalue weighted by atomic mass is 35.5. The van der Waals surface area contributed by atoms with E-state index in [0.717, 1.165) is 35.6 Å². The molecule has 0 saturated carbocycles. The first-order chi connectivity index (χ1) is 13.3. The Balaban J connectivity index is 1.93. The maximum Gasteiger partial charge on any atom is 0.309 e. The molecular weight excluding hydrogens is 382 g/mol. The molecule has 1 saturated heterocycles. The highest BCUT2D eigenvalue weighted by Gasteiger charge is 2.33. The molecule has 0 radical (unpaired) electrons. The third-order valence-electron chi connectivity index (χ3n) is 5.09. The van der Waals surface area contributed by atoms with Crippen LogP contribution < -0.4 is 0 Å². The van der Waals surface area contributed by atoms with Gasteiger partial charge in [0.05, 0.1) is 30.2 Å².